The molecule has 2 fully saturated rings. The van der Waals surface area contributed by atoms with Crippen LogP contribution in [0, 0.1) is 28.6 Å². The molecule has 0 aromatic carbocycles. The Bertz CT molecular complexity index is 522. The monoisotopic (exact) mass is 352 g/mol. The van der Waals surface area contributed by atoms with Crippen LogP contribution < -0.4 is 0 Å². The van der Waals surface area contributed by atoms with Crippen LogP contribution in [0.2, 0.25) is 0 Å². The molecule has 0 aromatic rings. The Morgan fingerprint density at radius 2 is 1.92 bits per heavy atom. The van der Waals surface area contributed by atoms with Gasteiger partial charge >= 0.3 is 5.97 Å². The lowest BCUT2D eigenvalue weighted by Crippen LogP contribution is -2.59. The van der Waals surface area contributed by atoms with Gasteiger partial charge in [-0.2, -0.15) is 0 Å². The smallest absolute Gasteiger partial charge is 0.305 e. The van der Waals surface area contributed by atoms with Crippen molar-refractivity contribution >= 4 is 11.8 Å². The van der Waals surface area contributed by atoms with Crippen LogP contribution in [0.5, 0.6) is 0 Å². The maximum absolute atomic E-state index is 12.5. The maximum atomic E-state index is 12.5. The van der Waals surface area contributed by atoms with Gasteiger partial charge in [0, 0.05) is 18.3 Å². The van der Waals surface area contributed by atoms with E-state index in [0.29, 0.717) is 24.5 Å². The van der Waals surface area contributed by atoms with E-state index < -0.39 is 5.60 Å². The number of ether oxygens (including phenoxy) is 1. The lowest BCUT2D eigenvalue weighted by molar-refractivity contribution is -0.178. The van der Waals surface area contributed by atoms with Gasteiger partial charge in [0.25, 0.3) is 0 Å². The maximum Gasteiger partial charge on any atom is 0.305 e. The van der Waals surface area contributed by atoms with E-state index in [4.69, 9.17) is 4.74 Å². The number of hydrogen-bond acceptors (Lipinski definition) is 4. The quantitative estimate of drug-likeness (QED) is 0.755. The van der Waals surface area contributed by atoms with E-state index in [1.165, 1.54) is 7.11 Å². The Balaban J connectivity index is 2.18. The number of fused-ring (bicyclic) bond motifs is 1. The van der Waals surface area contributed by atoms with E-state index in [-0.39, 0.29) is 28.6 Å². The third-order valence-corrected chi connectivity index (χ3v) is 7.45. The Kier molecular flexibility index (Phi) is 5.73. The molecular weight excluding hydrogens is 316 g/mol. The van der Waals surface area contributed by atoms with Crippen molar-refractivity contribution in [1.29, 1.82) is 0 Å². The van der Waals surface area contributed by atoms with Gasteiger partial charge in [0.2, 0.25) is 0 Å². The average Bonchev–Trinajstić information content (AvgIpc) is 2.50. The summed E-state index contributed by atoms with van der Waals surface area (Å²) in [7, 11) is 1.42. The Hall–Kier alpha value is -0.900. The molecule has 2 rings (SSSR count). The van der Waals surface area contributed by atoms with Gasteiger partial charge < -0.3 is 9.84 Å². The van der Waals surface area contributed by atoms with Crippen molar-refractivity contribution in [2.45, 2.75) is 85.2 Å². The number of ketones is 1. The van der Waals surface area contributed by atoms with Crippen molar-refractivity contribution in [2.24, 2.45) is 28.6 Å². The van der Waals surface area contributed by atoms with Crippen molar-refractivity contribution in [3.8, 4) is 0 Å². The van der Waals surface area contributed by atoms with E-state index in [2.05, 4.69) is 27.7 Å². The fraction of sp³-hybridized carbons (Fsp3) is 0.905. The molecular formula is C21H36O4. The first kappa shape index (κ1) is 20.4. The molecule has 2 aliphatic carbocycles. The van der Waals surface area contributed by atoms with E-state index >= 15 is 0 Å². The van der Waals surface area contributed by atoms with Gasteiger partial charge in [-0.25, -0.2) is 0 Å². The zero-order valence-electron chi connectivity index (χ0n) is 16.9. The zero-order chi connectivity index (χ0) is 19.0. The second kappa shape index (κ2) is 7.02. The van der Waals surface area contributed by atoms with Gasteiger partial charge in [0.05, 0.1) is 12.7 Å². The summed E-state index contributed by atoms with van der Waals surface area (Å²) in [6, 6.07) is 0. The number of rotatable bonds is 5. The molecule has 144 valence electrons. The number of carbonyl (C=O) groups is 2. The first-order chi connectivity index (χ1) is 11.4. The van der Waals surface area contributed by atoms with E-state index in [1.54, 1.807) is 0 Å². The summed E-state index contributed by atoms with van der Waals surface area (Å²) in [5.41, 5.74) is -1.03. The molecule has 0 amide bonds. The fourth-order valence-electron chi connectivity index (χ4n) is 5.89. The zero-order valence-corrected chi connectivity index (χ0v) is 16.9. The first-order valence-corrected chi connectivity index (χ1v) is 9.77. The van der Waals surface area contributed by atoms with Crippen molar-refractivity contribution < 1.29 is 19.4 Å². The van der Waals surface area contributed by atoms with Gasteiger partial charge in [-0.3, -0.25) is 9.59 Å². The number of esters is 1. The predicted octanol–water partition coefficient (Wildman–Crippen LogP) is 4.14. The SMILES string of the molecule is COC(=O)C[C@H](C)CC[C@H]1[C@]2(C)CCC(=O)C(C)(C)[C@H]2CC[C@]1(C)O. The standard InChI is InChI=1S/C21H36O4/c1-14(13-18(23)25-6)7-8-16-20(4)11-10-17(22)19(2,3)15(20)9-12-21(16,5)24/h14-16,24H,7-13H2,1-6H3/t14-,15-,16+,20-,21+/m1/s1. The molecule has 0 radical (unpaired) electrons. The largest absolute Gasteiger partial charge is 0.469 e. The molecule has 5 atom stereocenters. The van der Waals surface area contributed by atoms with Gasteiger partial charge in [-0.15, -0.1) is 0 Å². The van der Waals surface area contributed by atoms with Crippen molar-refractivity contribution in [1.82, 2.24) is 0 Å². The van der Waals surface area contributed by atoms with Gasteiger partial charge in [0.15, 0.2) is 0 Å². The second-order valence-electron chi connectivity index (χ2n) is 9.61. The molecule has 0 unspecified atom stereocenters. The normalized spacial score (nSPS) is 38.8. The van der Waals surface area contributed by atoms with Crippen LogP contribution in [0.15, 0.2) is 0 Å². The highest BCUT2D eigenvalue weighted by atomic mass is 16.5. The molecule has 0 heterocycles. The molecule has 2 saturated carbocycles. The van der Waals surface area contributed by atoms with Gasteiger partial charge in [-0.1, -0.05) is 27.7 Å². The van der Waals surface area contributed by atoms with Crippen molar-refractivity contribution in [3.63, 3.8) is 0 Å². The molecule has 0 bridgehead atoms. The summed E-state index contributed by atoms with van der Waals surface area (Å²) in [4.78, 5) is 24.0. The number of Topliss-reactive ketones (excluding diaryl/α,β-unsaturated/α-hetero) is 1. The summed E-state index contributed by atoms with van der Waals surface area (Å²) in [6.07, 6.45) is 5.36. The van der Waals surface area contributed by atoms with Crippen LogP contribution in [0.3, 0.4) is 0 Å². The first-order valence-electron chi connectivity index (χ1n) is 9.77. The summed E-state index contributed by atoms with van der Waals surface area (Å²) in [6.45, 7) is 10.5. The Morgan fingerprint density at radius 3 is 2.52 bits per heavy atom. The van der Waals surface area contributed by atoms with Crippen LogP contribution >= 0.6 is 0 Å². The molecule has 0 saturated heterocycles. The Labute approximate surface area is 152 Å². The third-order valence-electron chi connectivity index (χ3n) is 7.45. The van der Waals surface area contributed by atoms with Crippen LogP contribution in [-0.2, 0) is 14.3 Å². The molecule has 0 spiro atoms. The van der Waals surface area contributed by atoms with E-state index in [1.807, 2.05) is 6.92 Å². The number of hydrogen-bond donors (Lipinski definition) is 1. The fourth-order valence-corrected chi connectivity index (χ4v) is 5.89. The third kappa shape index (κ3) is 3.79. The van der Waals surface area contributed by atoms with Crippen LogP contribution in [-0.4, -0.2) is 29.6 Å². The number of aliphatic hydroxyl groups is 1. The molecule has 0 aromatic heterocycles. The number of carbonyl (C=O) groups excluding carboxylic acids is 2. The molecule has 4 nitrogen and oxygen atoms in total. The summed E-state index contributed by atoms with van der Waals surface area (Å²) >= 11 is 0. The van der Waals surface area contributed by atoms with Gasteiger partial charge in [-0.05, 0) is 62.2 Å². The lowest BCUT2D eigenvalue weighted by atomic mass is 9.44. The molecule has 2 aliphatic rings. The summed E-state index contributed by atoms with van der Waals surface area (Å²) < 4.78 is 4.77. The average molecular weight is 353 g/mol. The minimum Gasteiger partial charge on any atom is -0.469 e. The highest BCUT2D eigenvalue weighted by Gasteiger charge is 2.59. The lowest BCUT2D eigenvalue weighted by Gasteiger charge is -2.60. The van der Waals surface area contributed by atoms with Crippen molar-refractivity contribution in [3.05, 3.63) is 0 Å². The molecule has 1 N–H and O–H groups in total. The van der Waals surface area contributed by atoms with Crippen molar-refractivity contribution in [2.75, 3.05) is 7.11 Å². The minimum absolute atomic E-state index is 0.0237. The van der Waals surface area contributed by atoms with Gasteiger partial charge in [0.1, 0.15) is 5.78 Å². The molecule has 4 heteroatoms. The second-order valence-corrected chi connectivity index (χ2v) is 9.61. The summed E-state index contributed by atoms with van der Waals surface area (Å²) in [5.74, 6) is 0.921. The predicted molar refractivity (Wildman–Crippen MR) is 98.0 cm³/mol. The van der Waals surface area contributed by atoms with E-state index in [9.17, 15) is 14.7 Å². The van der Waals surface area contributed by atoms with Crippen LogP contribution in [0.1, 0.15) is 79.6 Å². The van der Waals surface area contributed by atoms with Crippen LogP contribution in [0.4, 0.5) is 0 Å². The van der Waals surface area contributed by atoms with Crippen LogP contribution in [0.25, 0.3) is 0 Å². The Morgan fingerprint density at radius 1 is 1.28 bits per heavy atom. The molecule has 25 heavy (non-hydrogen) atoms. The topological polar surface area (TPSA) is 63.6 Å². The highest BCUT2D eigenvalue weighted by Crippen LogP contribution is 2.62. The minimum atomic E-state index is -0.702. The highest BCUT2D eigenvalue weighted by molar-refractivity contribution is 5.85. The van der Waals surface area contributed by atoms with E-state index in [0.717, 1.165) is 32.1 Å². The summed E-state index contributed by atoms with van der Waals surface area (Å²) in [5, 5.41) is 11.1. The molecule has 0 aliphatic heterocycles. The number of methoxy groups -OCH3 is 1.